The van der Waals surface area contributed by atoms with Gasteiger partial charge in [0.1, 0.15) is 0 Å². The number of para-hydroxylation sites is 1. The fraction of sp³-hybridized carbons (Fsp3) is 0.273. The molecule has 1 aromatic carbocycles. The fourth-order valence-corrected chi connectivity index (χ4v) is 1.58. The van der Waals surface area contributed by atoms with Gasteiger partial charge in [-0.15, -0.1) is 0 Å². The first-order valence-corrected chi connectivity index (χ1v) is 4.49. The lowest BCUT2D eigenvalue weighted by Crippen LogP contribution is -2.10. The van der Waals surface area contributed by atoms with E-state index in [1.165, 1.54) is 10.9 Å². The Morgan fingerprint density at radius 3 is 2.85 bits per heavy atom. The van der Waals surface area contributed by atoms with Crippen LogP contribution in [0.5, 0.6) is 0 Å². The zero-order valence-electron chi connectivity index (χ0n) is 7.64. The zero-order chi connectivity index (χ0) is 9.26. The topological polar surface area (TPSA) is 25.2 Å². The Bertz CT molecular complexity index is 403. The normalized spacial score (nSPS) is 13.4. The molecule has 68 valence electrons. The molecule has 2 rings (SSSR count). The molecule has 1 heterocycles. The molecule has 0 aliphatic heterocycles. The van der Waals surface area contributed by atoms with Crippen LogP contribution < -0.4 is 0 Å². The van der Waals surface area contributed by atoms with Gasteiger partial charge in [0.05, 0.1) is 6.10 Å². The standard InChI is InChI=1S/C11H13NO/c1-9(13)8-12-7-6-10-4-2-3-5-11(10)12/h2-7,9,13H,8H2,1H3. The van der Waals surface area contributed by atoms with Gasteiger partial charge in [-0.05, 0) is 24.4 Å². The third-order valence-corrected chi connectivity index (χ3v) is 2.14. The molecular formula is C11H13NO. The van der Waals surface area contributed by atoms with E-state index >= 15 is 0 Å². The van der Waals surface area contributed by atoms with Crippen LogP contribution in [-0.2, 0) is 6.54 Å². The van der Waals surface area contributed by atoms with Gasteiger partial charge in [-0.1, -0.05) is 18.2 Å². The van der Waals surface area contributed by atoms with Crippen LogP contribution in [-0.4, -0.2) is 15.8 Å². The van der Waals surface area contributed by atoms with Gasteiger partial charge in [0, 0.05) is 18.3 Å². The Balaban J connectivity index is 2.46. The predicted octanol–water partition coefficient (Wildman–Crippen LogP) is 2.02. The fourth-order valence-electron chi connectivity index (χ4n) is 1.58. The van der Waals surface area contributed by atoms with Crippen LogP contribution in [0.4, 0.5) is 0 Å². The van der Waals surface area contributed by atoms with Crippen molar-refractivity contribution in [1.29, 1.82) is 0 Å². The number of fused-ring (bicyclic) bond motifs is 1. The van der Waals surface area contributed by atoms with E-state index in [9.17, 15) is 5.11 Å². The lowest BCUT2D eigenvalue weighted by molar-refractivity contribution is 0.175. The monoisotopic (exact) mass is 175 g/mol. The summed E-state index contributed by atoms with van der Waals surface area (Å²) in [4.78, 5) is 0. The van der Waals surface area contributed by atoms with Crippen molar-refractivity contribution in [2.24, 2.45) is 0 Å². The van der Waals surface area contributed by atoms with Crippen LogP contribution in [0.25, 0.3) is 10.9 Å². The van der Waals surface area contributed by atoms with Crippen molar-refractivity contribution >= 4 is 10.9 Å². The van der Waals surface area contributed by atoms with Gasteiger partial charge in [0.15, 0.2) is 0 Å². The molecule has 0 aliphatic rings. The smallest absolute Gasteiger partial charge is 0.0691 e. The third-order valence-electron chi connectivity index (χ3n) is 2.14. The number of aromatic nitrogens is 1. The number of rotatable bonds is 2. The molecule has 1 aromatic heterocycles. The number of nitrogens with zero attached hydrogens (tertiary/aromatic N) is 1. The summed E-state index contributed by atoms with van der Waals surface area (Å²) in [6.45, 7) is 2.46. The number of benzene rings is 1. The quantitative estimate of drug-likeness (QED) is 0.742. The Kier molecular flexibility index (Phi) is 2.07. The van der Waals surface area contributed by atoms with Crippen molar-refractivity contribution in [3.63, 3.8) is 0 Å². The van der Waals surface area contributed by atoms with Gasteiger partial charge in [0.25, 0.3) is 0 Å². The Hall–Kier alpha value is -1.28. The Morgan fingerprint density at radius 1 is 1.31 bits per heavy atom. The summed E-state index contributed by atoms with van der Waals surface area (Å²) in [6.07, 6.45) is 1.72. The molecule has 0 bridgehead atoms. The van der Waals surface area contributed by atoms with Crippen molar-refractivity contribution in [3.8, 4) is 0 Å². The highest BCUT2D eigenvalue weighted by atomic mass is 16.3. The van der Waals surface area contributed by atoms with Crippen molar-refractivity contribution in [2.45, 2.75) is 19.6 Å². The molecule has 0 amide bonds. The summed E-state index contributed by atoms with van der Waals surface area (Å²) in [5.41, 5.74) is 1.18. The summed E-state index contributed by atoms with van der Waals surface area (Å²) >= 11 is 0. The molecule has 2 nitrogen and oxygen atoms in total. The van der Waals surface area contributed by atoms with Crippen LogP contribution in [0.3, 0.4) is 0 Å². The van der Waals surface area contributed by atoms with Crippen LogP contribution in [0.1, 0.15) is 6.92 Å². The van der Waals surface area contributed by atoms with Gasteiger partial charge in [-0.25, -0.2) is 0 Å². The first-order chi connectivity index (χ1) is 6.27. The first-order valence-electron chi connectivity index (χ1n) is 4.49. The maximum Gasteiger partial charge on any atom is 0.0691 e. The summed E-state index contributed by atoms with van der Waals surface area (Å²) < 4.78 is 2.07. The molecule has 1 unspecified atom stereocenters. The highest BCUT2D eigenvalue weighted by molar-refractivity contribution is 5.79. The largest absolute Gasteiger partial charge is 0.392 e. The molecule has 1 atom stereocenters. The maximum absolute atomic E-state index is 9.26. The predicted molar refractivity (Wildman–Crippen MR) is 53.6 cm³/mol. The second-order valence-corrected chi connectivity index (χ2v) is 3.38. The van der Waals surface area contributed by atoms with Crippen LogP contribution in [0, 0.1) is 0 Å². The van der Waals surface area contributed by atoms with Crippen LogP contribution in [0.15, 0.2) is 36.5 Å². The second-order valence-electron chi connectivity index (χ2n) is 3.38. The summed E-state index contributed by atoms with van der Waals surface area (Å²) in [7, 11) is 0. The van der Waals surface area contributed by atoms with E-state index in [0.29, 0.717) is 6.54 Å². The average Bonchev–Trinajstić information content (AvgIpc) is 2.48. The van der Waals surface area contributed by atoms with Gasteiger partial charge in [-0.3, -0.25) is 0 Å². The summed E-state index contributed by atoms with van der Waals surface area (Å²) in [5, 5.41) is 10.5. The minimum atomic E-state index is -0.296. The molecular weight excluding hydrogens is 162 g/mol. The lowest BCUT2D eigenvalue weighted by atomic mass is 10.2. The molecule has 0 spiro atoms. The SMILES string of the molecule is CC(O)Cn1ccc2ccccc21. The van der Waals surface area contributed by atoms with E-state index < -0.39 is 0 Å². The van der Waals surface area contributed by atoms with Gasteiger partial charge in [0.2, 0.25) is 0 Å². The Labute approximate surface area is 77.4 Å². The second kappa shape index (κ2) is 3.23. The Morgan fingerprint density at radius 2 is 2.08 bits per heavy atom. The minimum Gasteiger partial charge on any atom is -0.392 e. The summed E-state index contributed by atoms with van der Waals surface area (Å²) in [6, 6.07) is 10.2. The van der Waals surface area contributed by atoms with Crippen molar-refractivity contribution in [1.82, 2.24) is 4.57 Å². The van der Waals surface area contributed by atoms with Gasteiger partial charge >= 0.3 is 0 Å². The van der Waals surface area contributed by atoms with Crippen molar-refractivity contribution in [3.05, 3.63) is 36.5 Å². The molecule has 13 heavy (non-hydrogen) atoms. The number of aliphatic hydroxyl groups excluding tert-OH is 1. The van der Waals surface area contributed by atoms with E-state index in [1.807, 2.05) is 18.3 Å². The first kappa shape index (κ1) is 8.32. The third kappa shape index (κ3) is 1.58. The highest BCUT2D eigenvalue weighted by Crippen LogP contribution is 2.15. The van der Waals surface area contributed by atoms with E-state index in [0.717, 1.165) is 0 Å². The van der Waals surface area contributed by atoms with Crippen LogP contribution >= 0.6 is 0 Å². The van der Waals surface area contributed by atoms with E-state index in [1.54, 1.807) is 6.92 Å². The molecule has 0 radical (unpaired) electrons. The van der Waals surface area contributed by atoms with E-state index in [2.05, 4.69) is 22.8 Å². The zero-order valence-corrected chi connectivity index (χ0v) is 7.64. The molecule has 0 saturated carbocycles. The minimum absolute atomic E-state index is 0.296. The highest BCUT2D eigenvalue weighted by Gasteiger charge is 2.01. The molecule has 0 saturated heterocycles. The van der Waals surface area contributed by atoms with E-state index in [-0.39, 0.29) is 6.10 Å². The van der Waals surface area contributed by atoms with Gasteiger partial charge < -0.3 is 9.67 Å². The van der Waals surface area contributed by atoms with Gasteiger partial charge in [-0.2, -0.15) is 0 Å². The van der Waals surface area contributed by atoms with Crippen LogP contribution in [0.2, 0.25) is 0 Å². The molecule has 1 N–H and O–H groups in total. The lowest BCUT2D eigenvalue weighted by Gasteiger charge is -2.06. The van der Waals surface area contributed by atoms with E-state index in [4.69, 9.17) is 0 Å². The molecule has 0 fully saturated rings. The number of hydrogen-bond acceptors (Lipinski definition) is 1. The molecule has 0 aliphatic carbocycles. The molecule has 2 aromatic rings. The van der Waals surface area contributed by atoms with Crippen molar-refractivity contribution in [2.75, 3.05) is 0 Å². The average molecular weight is 175 g/mol. The molecule has 2 heteroatoms. The van der Waals surface area contributed by atoms with Crippen molar-refractivity contribution < 1.29 is 5.11 Å². The number of aliphatic hydroxyl groups is 1. The number of hydrogen-bond donors (Lipinski definition) is 1. The summed E-state index contributed by atoms with van der Waals surface area (Å²) in [5.74, 6) is 0. The maximum atomic E-state index is 9.26.